The number of anilines is 2. The molecule has 5 aromatic rings. The number of carbonyl (C=O) groups excluding carboxylic acids is 1. The van der Waals surface area contributed by atoms with E-state index in [4.69, 9.17) is 9.72 Å². The van der Waals surface area contributed by atoms with Crippen LogP contribution in [0.5, 0.6) is 0 Å². The Morgan fingerprint density at radius 2 is 1.73 bits per heavy atom. The number of hydrogen-bond donors (Lipinski definition) is 0. The van der Waals surface area contributed by atoms with E-state index in [2.05, 4.69) is 13.8 Å². The van der Waals surface area contributed by atoms with Crippen LogP contribution in [0.1, 0.15) is 29.9 Å². The number of ether oxygens (including phenoxy) is 1. The first-order chi connectivity index (χ1) is 19.9. The molecule has 1 amide bonds. The number of nitrogens with zero attached hydrogens (tertiary/aromatic N) is 3. The van der Waals surface area contributed by atoms with E-state index in [1.54, 1.807) is 9.47 Å². The van der Waals surface area contributed by atoms with E-state index < -0.39 is 0 Å². The lowest BCUT2D eigenvalue weighted by Gasteiger charge is -2.26. The number of para-hydroxylation sites is 2. The molecule has 3 heterocycles. The number of thioether (sulfide) groups is 1. The van der Waals surface area contributed by atoms with Crippen LogP contribution in [0.4, 0.5) is 11.4 Å². The predicted molar refractivity (Wildman–Crippen MR) is 168 cm³/mol. The van der Waals surface area contributed by atoms with Crippen LogP contribution >= 0.6 is 23.1 Å². The molecule has 0 N–H and O–H groups in total. The second-order valence-electron chi connectivity index (χ2n) is 10.5. The highest BCUT2D eigenvalue weighted by Gasteiger charge is 2.29. The van der Waals surface area contributed by atoms with Gasteiger partial charge < -0.3 is 4.74 Å². The quantitative estimate of drug-likeness (QED) is 0.149. The number of rotatable bonds is 7. The van der Waals surface area contributed by atoms with Gasteiger partial charge in [-0.15, -0.1) is 11.3 Å². The topological polar surface area (TPSA) is 64.4 Å². The molecule has 0 saturated carbocycles. The van der Waals surface area contributed by atoms with Crippen molar-refractivity contribution in [1.29, 1.82) is 0 Å². The first kappa shape index (κ1) is 27.4. The lowest BCUT2D eigenvalue weighted by atomic mass is 9.96. The lowest BCUT2D eigenvalue weighted by molar-refractivity contribution is -0.115. The minimum atomic E-state index is -0.101. The highest BCUT2D eigenvalue weighted by molar-refractivity contribution is 7.99. The Hall–Kier alpha value is -3.72. The molecule has 0 spiro atoms. The summed E-state index contributed by atoms with van der Waals surface area (Å²) < 4.78 is 7.78. The molecule has 1 atom stereocenters. The first-order valence-electron chi connectivity index (χ1n) is 13.7. The fourth-order valence-electron chi connectivity index (χ4n) is 5.21. The van der Waals surface area contributed by atoms with Crippen LogP contribution in [0.15, 0.2) is 94.9 Å². The van der Waals surface area contributed by atoms with Gasteiger partial charge in [-0.2, -0.15) is 0 Å². The second-order valence-corrected chi connectivity index (χ2v) is 12.6. The van der Waals surface area contributed by atoms with Gasteiger partial charge in [-0.1, -0.05) is 74.1 Å². The maximum absolute atomic E-state index is 14.3. The monoisotopic (exact) mass is 581 g/mol. The molecule has 1 unspecified atom stereocenters. The number of amides is 1. The average molecular weight is 582 g/mol. The maximum Gasteiger partial charge on any atom is 0.267 e. The van der Waals surface area contributed by atoms with Crippen LogP contribution < -0.4 is 10.5 Å². The summed E-state index contributed by atoms with van der Waals surface area (Å²) >= 11 is 2.81. The van der Waals surface area contributed by atoms with Crippen molar-refractivity contribution in [3.8, 4) is 5.69 Å². The fraction of sp³-hybridized carbons (Fsp3) is 0.242. The van der Waals surface area contributed by atoms with Gasteiger partial charge in [0, 0.05) is 22.7 Å². The standard InChI is InChI=1S/C33H31N3O3S2/c1-21(2)27-18-26-28(19-39-27)41-31-30(26)32(38)36(25-16-10-11-22(3)17-25)33(34-31)40-20-29(37)35(23-12-6-4-7-13-23)24-14-8-5-9-15-24/h4-17,21,27H,18-20H2,1-3H3. The number of carbonyl (C=O) groups is 1. The lowest BCUT2D eigenvalue weighted by Crippen LogP contribution is -2.29. The van der Waals surface area contributed by atoms with Crippen molar-refractivity contribution in [2.75, 3.05) is 10.7 Å². The summed E-state index contributed by atoms with van der Waals surface area (Å²) in [5, 5.41) is 1.17. The molecule has 1 aliphatic heterocycles. The van der Waals surface area contributed by atoms with Crippen LogP contribution in [0, 0.1) is 12.8 Å². The Morgan fingerprint density at radius 3 is 2.37 bits per heavy atom. The van der Waals surface area contributed by atoms with Gasteiger partial charge in [0.1, 0.15) is 4.83 Å². The molecule has 0 aliphatic carbocycles. The van der Waals surface area contributed by atoms with Crippen molar-refractivity contribution < 1.29 is 9.53 Å². The third-order valence-electron chi connectivity index (χ3n) is 7.32. The first-order valence-corrected chi connectivity index (χ1v) is 15.5. The SMILES string of the molecule is Cc1cccc(-n2c(SCC(=O)N(c3ccccc3)c3ccccc3)nc3sc4c(c3c2=O)CC(C(C)C)OC4)c1. The normalized spacial score (nSPS) is 14.8. The zero-order valence-electron chi connectivity index (χ0n) is 23.2. The summed E-state index contributed by atoms with van der Waals surface area (Å²) in [7, 11) is 0. The second kappa shape index (κ2) is 11.6. The largest absolute Gasteiger partial charge is 0.372 e. The van der Waals surface area contributed by atoms with E-state index in [1.165, 1.54) is 23.1 Å². The number of fused-ring (bicyclic) bond motifs is 3. The van der Waals surface area contributed by atoms with E-state index in [0.29, 0.717) is 34.3 Å². The molecule has 0 radical (unpaired) electrons. The smallest absolute Gasteiger partial charge is 0.267 e. The van der Waals surface area contributed by atoms with E-state index in [1.807, 2.05) is 91.9 Å². The Kier molecular flexibility index (Phi) is 7.79. The molecule has 6 nitrogen and oxygen atoms in total. The van der Waals surface area contributed by atoms with Crippen LogP contribution in [-0.4, -0.2) is 27.3 Å². The Bertz CT molecular complexity index is 1720. The van der Waals surface area contributed by atoms with Gasteiger partial charge in [0.2, 0.25) is 5.91 Å². The predicted octanol–water partition coefficient (Wildman–Crippen LogP) is 7.31. The van der Waals surface area contributed by atoms with Gasteiger partial charge in [0.15, 0.2) is 5.16 Å². The van der Waals surface area contributed by atoms with Crippen molar-refractivity contribution in [3.05, 3.63) is 111 Å². The minimum Gasteiger partial charge on any atom is -0.372 e. The summed E-state index contributed by atoms with van der Waals surface area (Å²) in [6.45, 7) is 6.79. The molecule has 41 heavy (non-hydrogen) atoms. The van der Waals surface area contributed by atoms with Crippen molar-refractivity contribution in [2.45, 2.75) is 45.1 Å². The van der Waals surface area contributed by atoms with Gasteiger partial charge in [0.25, 0.3) is 5.56 Å². The Balaban J connectivity index is 1.42. The van der Waals surface area contributed by atoms with Crippen LogP contribution in [0.3, 0.4) is 0 Å². The third-order valence-corrected chi connectivity index (χ3v) is 9.34. The summed E-state index contributed by atoms with van der Waals surface area (Å²) in [6.07, 6.45) is 0.770. The molecule has 2 aromatic heterocycles. The third kappa shape index (κ3) is 5.47. The zero-order chi connectivity index (χ0) is 28.5. The number of aromatic nitrogens is 2. The van der Waals surface area contributed by atoms with Crippen molar-refractivity contribution in [1.82, 2.24) is 9.55 Å². The molecular formula is C33H31N3O3S2. The molecule has 8 heteroatoms. The molecular weight excluding hydrogens is 551 g/mol. The van der Waals surface area contributed by atoms with Gasteiger partial charge >= 0.3 is 0 Å². The molecule has 0 bridgehead atoms. The highest BCUT2D eigenvalue weighted by Crippen LogP contribution is 2.36. The summed E-state index contributed by atoms with van der Waals surface area (Å²) in [6, 6.07) is 27.1. The summed E-state index contributed by atoms with van der Waals surface area (Å²) in [4.78, 5) is 36.6. The van der Waals surface area contributed by atoms with E-state index >= 15 is 0 Å². The van der Waals surface area contributed by atoms with E-state index in [-0.39, 0.29) is 23.3 Å². The Morgan fingerprint density at radius 1 is 1.05 bits per heavy atom. The zero-order valence-corrected chi connectivity index (χ0v) is 24.9. The molecule has 0 fully saturated rings. The van der Waals surface area contributed by atoms with Gasteiger partial charge in [0.05, 0.1) is 29.5 Å². The molecule has 3 aromatic carbocycles. The van der Waals surface area contributed by atoms with Crippen LogP contribution in [0.2, 0.25) is 0 Å². The molecule has 1 aliphatic rings. The van der Waals surface area contributed by atoms with Gasteiger partial charge in [-0.05, 0) is 60.4 Å². The van der Waals surface area contributed by atoms with Crippen molar-refractivity contribution in [2.24, 2.45) is 5.92 Å². The average Bonchev–Trinajstić information content (AvgIpc) is 3.35. The summed E-state index contributed by atoms with van der Waals surface area (Å²) in [5.74, 6) is 0.358. The molecule has 0 saturated heterocycles. The number of hydrogen-bond acceptors (Lipinski definition) is 6. The van der Waals surface area contributed by atoms with Gasteiger partial charge in [-0.3, -0.25) is 19.1 Å². The van der Waals surface area contributed by atoms with E-state index in [9.17, 15) is 9.59 Å². The van der Waals surface area contributed by atoms with Crippen LogP contribution in [0.25, 0.3) is 15.9 Å². The number of thiophene rings is 1. The highest BCUT2D eigenvalue weighted by atomic mass is 32.2. The number of aryl methyl sites for hydroxylation is 1. The van der Waals surface area contributed by atoms with E-state index in [0.717, 1.165) is 33.1 Å². The molecule has 6 rings (SSSR count). The minimum absolute atomic E-state index is 0.0701. The maximum atomic E-state index is 14.3. The fourth-order valence-corrected chi connectivity index (χ4v) is 7.24. The van der Waals surface area contributed by atoms with Crippen LogP contribution in [-0.2, 0) is 22.6 Å². The van der Waals surface area contributed by atoms with Gasteiger partial charge in [-0.25, -0.2) is 4.98 Å². The number of benzene rings is 3. The molecule has 208 valence electrons. The summed E-state index contributed by atoms with van der Waals surface area (Å²) in [5.41, 5.74) is 4.32. The Labute approximate surface area is 247 Å². The van der Waals surface area contributed by atoms with Crippen molar-refractivity contribution >= 4 is 50.6 Å². The van der Waals surface area contributed by atoms with Crippen molar-refractivity contribution in [3.63, 3.8) is 0 Å².